The maximum absolute atomic E-state index is 13.7. The predicted octanol–water partition coefficient (Wildman–Crippen LogP) is 4.37. The number of carbonyl (C=O) groups excluding carboxylic acids is 2. The zero-order valence-corrected chi connectivity index (χ0v) is 25.3. The Balaban J connectivity index is 1.83. The fourth-order valence-corrected chi connectivity index (χ4v) is 4.90. The van der Waals surface area contributed by atoms with Gasteiger partial charge in [-0.05, 0) is 75.2 Å². The van der Waals surface area contributed by atoms with E-state index in [1.807, 2.05) is 51.1 Å². The number of nitrogens with zero attached hydrogens (tertiary/aromatic N) is 2. The number of nitrogens with one attached hydrogen (secondary N) is 1. The summed E-state index contributed by atoms with van der Waals surface area (Å²) in [5.74, 6) is 0.355. The molecular weight excluding hydrogens is 542 g/mol. The van der Waals surface area contributed by atoms with Crippen LogP contribution in [0.25, 0.3) is 0 Å². The summed E-state index contributed by atoms with van der Waals surface area (Å²) < 4.78 is 37.7. The van der Waals surface area contributed by atoms with Crippen molar-refractivity contribution in [2.75, 3.05) is 24.2 Å². The highest BCUT2D eigenvalue weighted by atomic mass is 32.2. The molecule has 0 fully saturated rings. The maximum Gasteiger partial charge on any atom is 0.244 e. The first-order valence-electron chi connectivity index (χ1n) is 13.3. The van der Waals surface area contributed by atoms with Crippen molar-refractivity contribution in [2.45, 2.75) is 52.4 Å². The Morgan fingerprint density at radius 3 is 2.00 bits per heavy atom. The van der Waals surface area contributed by atoms with Crippen molar-refractivity contribution in [2.24, 2.45) is 0 Å². The van der Waals surface area contributed by atoms with Crippen LogP contribution in [-0.2, 0) is 32.8 Å². The minimum atomic E-state index is -3.84. The minimum absolute atomic E-state index is 0.103. The highest BCUT2D eigenvalue weighted by Crippen LogP contribution is 2.23. The van der Waals surface area contributed by atoms with E-state index in [4.69, 9.17) is 9.47 Å². The molecule has 1 atom stereocenters. The van der Waals surface area contributed by atoms with Crippen LogP contribution in [0.15, 0.2) is 78.9 Å². The molecule has 220 valence electrons. The van der Waals surface area contributed by atoms with E-state index in [9.17, 15) is 18.0 Å². The average molecular weight is 582 g/mol. The monoisotopic (exact) mass is 581 g/mol. The third kappa shape index (κ3) is 9.53. The highest BCUT2D eigenvalue weighted by molar-refractivity contribution is 7.92. The van der Waals surface area contributed by atoms with Gasteiger partial charge in [0.25, 0.3) is 0 Å². The molecule has 0 aromatic heterocycles. The Morgan fingerprint density at radius 2 is 1.46 bits per heavy atom. The fourth-order valence-electron chi connectivity index (χ4n) is 4.05. The minimum Gasteiger partial charge on any atom is -0.497 e. The zero-order chi connectivity index (χ0) is 30.2. The topological polar surface area (TPSA) is 105 Å². The number of rotatable bonds is 12. The smallest absolute Gasteiger partial charge is 0.244 e. The number of benzene rings is 3. The van der Waals surface area contributed by atoms with Gasteiger partial charge < -0.3 is 19.7 Å². The summed E-state index contributed by atoms with van der Waals surface area (Å²) in [4.78, 5) is 28.2. The van der Waals surface area contributed by atoms with Crippen LogP contribution in [-0.4, -0.2) is 56.6 Å². The van der Waals surface area contributed by atoms with Gasteiger partial charge in [-0.3, -0.25) is 13.9 Å². The molecule has 0 radical (unpaired) electrons. The van der Waals surface area contributed by atoms with Gasteiger partial charge >= 0.3 is 0 Å². The molecule has 1 N–H and O–H groups in total. The molecule has 3 aromatic carbocycles. The quantitative estimate of drug-likeness (QED) is 0.341. The van der Waals surface area contributed by atoms with Gasteiger partial charge in [-0.25, -0.2) is 8.42 Å². The number of sulfonamides is 1. The molecule has 41 heavy (non-hydrogen) atoms. The van der Waals surface area contributed by atoms with Gasteiger partial charge in [0, 0.05) is 12.1 Å². The maximum atomic E-state index is 13.7. The molecule has 0 saturated carbocycles. The normalized spacial score (nSPS) is 12.2. The molecule has 0 heterocycles. The Kier molecular flexibility index (Phi) is 10.4. The summed E-state index contributed by atoms with van der Waals surface area (Å²) >= 11 is 0. The van der Waals surface area contributed by atoms with Gasteiger partial charge in [-0.1, -0.05) is 42.5 Å². The lowest BCUT2D eigenvalue weighted by atomic mass is 10.1. The molecule has 9 nitrogen and oxygen atoms in total. The largest absolute Gasteiger partial charge is 0.497 e. The fraction of sp³-hybridized carbons (Fsp3) is 0.355. The van der Waals surface area contributed by atoms with Gasteiger partial charge in [-0.2, -0.15) is 0 Å². The SMILES string of the molecule is COc1ccc(CN(C(=O)CN(c2ccc(OCc3ccccc3)cc2)S(C)(=O)=O)[C@@H](C)C(=O)NC(C)(C)C)cc1. The van der Waals surface area contributed by atoms with Crippen molar-refractivity contribution in [3.8, 4) is 11.5 Å². The number of anilines is 1. The first-order chi connectivity index (χ1) is 19.3. The molecule has 0 aliphatic carbocycles. The van der Waals surface area contributed by atoms with E-state index in [2.05, 4.69) is 5.32 Å². The average Bonchev–Trinajstić information content (AvgIpc) is 2.92. The van der Waals surface area contributed by atoms with Crippen LogP contribution in [0.2, 0.25) is 0 Å². The van der Waals surface area contributed by atoms with Gasteiger partial charge in [0.2, 0.25) is 21.8 Å². The Morgan fingerprint density at radius 1 is 0.878 bits per heavy atom. The Hall–Kier alpha value is -4.05. The van der Waals surface area contributed by atoms with Gasteiger partial charge in [-0.15, -0.1) is 0 Å². The van der Waals surface area contributed by atoms with Crippen molar-refractivity contribution in [1.82, 2.24) is 10.2 Å². The molecule has 3 aromatic rings. The van der Waals surface area contributed by atoms with Crippen LogP contribution in [0.5, 0.6) is 11.5 Å². The number of hydrogen-bond acceptors (Lipinski definition) is 6. The van der Waals surface area contributed by atoms with Crippen LogP contribution in [0, 0.1) is 0 Å². The van der Waals surface area contributed by atoms with E-state index in [1.54, 1.807) is 62.6 Å². The van der Waals surface area contributed by atoms with Crippen LogP contribution >= 0.6 is 0 Å². The molecule has 0 saturated heterocycles. The zero-order valence-electron chi connectivity index (χ0n) is 24.5. The van der Waals surface area contributed by atoms with E-state index in [0.29, 0.717) is 23.8 Å². The van der Waals surface area contributed by atoms with E-state index in [0.717, 1.165) is 21.7 Å². The van der Waals surface area contributed by atoms with Crippen molar-refractivity contribution < 1.29 is 27.5 Å². The first kappa shape index (κ1) is 31.5. The summed E-state index contributed by atoms with van der Waals surface area (Å²) in [6.45, 7) is 7.18. The summed E-state index contributed by atoms with van der Waals surface area (Å²) in [5.41, 5.74) is 1.56. The molecular formula is C31H39N3O6S. The third-order valence-corrected chi connectivity index (χ3v) is 7.37. The summed E-state index contributed by atoms with van der Waals surface area (Å²) in [6.07, 6.45) is 1.05. The standard InChI is InChI=1S/C31H39N3O6S/c1-23(30(36)32-31(2,3)4)33(20-24-12-16-27(39-5)17-13-24)29(35)21-34(41(6,37)38)26-14-18-28(19-15-26)40-22-25-10-8-7-9-11-25/h7-19,23H,20-22H2,1-6H3,(H,32,36)/t23-/m0/s1. The lowest BCUT2D eigenvalue weighted by Crippen LogP contribution is -2.54. The predicted molar refractivity (Wildman–Crippen MR) is 160 cm³/mol. The summed E-state index contributed by atoms with van der Waals surface area (Å²) in [5, 5.41) is 2.90. The van der Waals surface area contributed by atoms with Crippen molar-refractivity contribution in [1.29, 1.82) is 0 Å². The Bertz CT molecular complexity index is 1400. The second-order valence-corrected chi connectivity index (χ2v) is 12.7. The number of ether oxygens (including phenoxy) is 2. The molecule has 0 bridgehead atoms. The van der Waals surface area contributed by atoms with E-state index < -0.39 is 34.1 Å². The number of methoxy groups -OCH3 is 1. The van der Waals surface area contributed by atoms with Crippen LogP contribution < -0.4 is 19.1 Å². The van der Waals surface area contributed by atoms with Crippen LogP contribution in [0.3, 0.4) is 0 Å². The third-order valence-electron chi connectivity index (χ3n) is 6.23. The Labute approximate surface area is 243 Å². The highest BCUT2D eigenvalue weighted by Gasteiger charge is 2.31. The van der Waals surface area contributed by atoms with E-state index in [1.165, 1.54) is 4.90 Å². The summed E-state index contributed by atoms with van der Waals surface area (Å²) in [6, 6.07) is 22.5. The molecule has 0 aliphatic rings. The molecule has 10 heteroatoms. The molecule has 0 spiro atoms. The first-order valence-corrected chi connectivity index (χ1v) is 15.1. The van der Waals surface area contributed by atoms with E-state index in [-0.39, 0.29) is 12.5 Å². The molecule has 0 aliphatic heterocycles. The van der Waals surface area contributed by atoms with Crippen LogP contribution in [0.1, 0.15) is 38.8 Å². The lowest BCUT2D eigenvalue weighted by Gasteiger charge is -2.33. The second-order valence-electron chi connectivity index (χ2n) is 10.8. The summed E-state index contributed by atoms with van der Waals surface area (Å²) in [7, 11) is -2.28. The van der Waals surface area contributed by atoms with Crippen molar-refractivity contribution in [3.63, 3.8) is 0 Å². The van der Waals surface area contributed by atoms with E-state index >= 15 is 0 Å². The number of carbonyl (C=O) groups is 2. The van der Waals surface area contributed by atoms with Gasteiger partial charge in [0.15, 0.2) is 0 Å². The van der Waals surface area contributed by atoms with Crippen molar-refractivity contribution in [3.05, 3.63) is 90.0 Å². The van der Waals surface area contributed by atoms with Crippen LogP contribution in [0.4, 0.5) is 5.69 Å². The number of hydrogen-bond donors (Lipinski definition) is 1. The lowest BCUT2D eigenvalue weighted by molar-refractivity contribution is -0.140. The molecule has 3 rings (SSSR count). The number of amides is 2. The second kappa shape index (κ2) is 13.5. The van der Waals surface area contributed by atoms with Crippen molar-refractivity contribution >= 4 is 27.5 Å². The van der Waals surface area contributed by atoms with Gasteiger partial charge in [0.1, 0.15) is 30.7 Å². The molecule has 0 unspecified atom stereocenters. The molecule has 2 amide bonds. The van der Waals surface area contributed by atoms with Gasteiger partial charge in [0.05, 0.1) is 19.1 Å².